The lowest BCUT2D eigenvalue weighted by molar-refractivity contribution is -0.116. The maximum absolute atomic E-state index is 13.5. The summed E-state index contributed by atoms with van der Waals surface area (Å²) in [5.41, 5.74) is 6.41. The van der Waals surface area contributed by atoms with Crippen molar-refractivity contribution in [1.29, 1.82) is 0 Å². The Morgan fingerprint density at radius 3 is 2.86 bits per heavy atom. The third-order valence-electron chi connectivity index (χ3n) is 4.19. The summed E-state index contributed by atoms with van der Waals surface area (Å²) >= 11 is 0. The first kappa shape index (κ1) is 15.9. The normalized spacial score (nSPS) is 22.0. The van der Waals surface area contributed by atoms with Crippen LogP contribution in [0.2, 0.25) is 0 Å². The Labute approximate surface area is 125 Å². The van der Waals surface area contributed by atoms with Crippen molar-refractivity contribution in [2.45, 2.75) is 32.7 Å². The van der Waals surface area contributed by atoms with Crippen molar-refractivity contribution in [1.82, 2.24) is 4.90 Å². The summed E-state index contributed by atoms with van der Waals surface area (Å²) < 4.78 is 13.5. The summed E-state index contributed by atoms with van der Waals surface area (Å²) in [6, 6.07) is 6.42. The van der Waals surface area contributed by atoms with Gasteiger partial charge >= 0.3 is 0 Å². The molecule has 0 spiro atoms. The van der Waals surface area contributed by atoms with Gasteiger partial charge in [-0.1, -0.05) is 26.0 Å². The van der Waals surface area contributed by atoms with Crippen molar-refractivity contribution in [2.24, 2.45) is 11.1 Å². The predicted octanol–water partition coefficient (Wildman–Crippen LogP) is 2.21. The zero-order valence-electron chi connectivity index (χ0n) is 12.7. The molecule has 1 fully saturated rings. The highest BCUT2D eigenvalue weighted by Gasteiger charge is 2.33. The van der Waals surface area contributed by atoms with Gasteiger partial charge in [0.2, 0.25) is 5.91 Å². The Kier molecular flexibility index (Phi) is 4.96. The molecule has 1 aliphatic heterocycles. The van der Waals surface area contributed by atoms with Gasteiger partial charge in [0.25, 0.3) is 0 Å². The Morgan fingerprint density at radius 1 is 1.48 bits per heavy atom. The second-order valence-electron chi connectivity index (χ2n) is 6.44. The van der Waals surface area contributed by atoms with Crippen LogP contribution < -0.4 is 11.1 Å². The Bertz CT molecular complexity index is 504. The minimum atomic E-state index is -0.407. The number of rotatable bonds is 4. The number of amides is 1. The SMILES string of the molecule is CC1(C)CN(CCC(=O)Nc2ccccc2F)CCC1N. The molecule has 5 heteroatoms. The molecule has 4 nitrogen and oxygen atoms in total. The first-order chi connectivity index (χ1) is 9.88. The Balaban J connectivity index is 1.81. The van der Waals surface area contributed by atoms with Crippen LogP contribution in [0.5, 0.6) is 0 Å². The minimum Gasteiger partial charge on any atom is -0.327 e. The monoisotopic (exact) mass is 293 g/mol. The van der Waals surface area contributed by atoms with Crippen molar-refractivity contribution in [3.05, 3.63) is 30.1 Å². The van der Waals surface area contributed by atoms with Crippen molar-refractivity contribution in [3.8, 4) is 0 Å². The summed E-state index contributed by atoms with van der Waals surface area (Å²) in [7, 11) is 0. The van der Waals surface area contributed by atoms with E-state index in [1.54, 1.807) is 18.2 Å². The van der Waals surface area contributed by atoms with Gasteiger partial charge in [-0.2, -0.15) is 0 Å². The van der Waals surface area contributed by atoms with Gasteiger partial charge in [-0.15, -0.1) is 0 Å². The lowest BCUT2D eigenvalue weighted by atomic mass is 9.80. The molecule has 116 valence electrons. The number of carbonyl (C=O) groups excluding carboxylic acids is 1. The number of para-hydroxylation sites is 1. The molecular formula is C16H24FN3O. The van der Waals surface area contributed by atoms with Crippen LogP contribution in [0.3, 0.4) is 0 Å². The van der Waals surface area contributed by atoms with E-state index in [4.69, 9.17) is 5.73 Å². The summed E-state index contributed by atoms with van der Waals surface area (Å²) in [4.78, 5) is 14.2. The standard InChI is InChI=1S/C16H24FN3O/c1-16(2)11-20(9-7-14(16)18)10-8-15(21)19-13-6-4-3-5-12(13)17/h3-6,14H,7-11,18H2,1-2H3,(H,19,21). The molecule has 0 radical (unpaired) electrons. The summed E-state index contributed by atoms with van der Waals surface area (Å²) in [5.74, 6) is -0.566. The van der Waals surface area contributed by atoms with Gasteiger partial charge in [-0.05, 0) is 30.5 Å². The first-order valence-corrected chi connectivity index (χ1v) is 7.41. The Morgan fingerprint density at radius 2 is 2.19 bits per heavy atom. The van der Waals surface area contributed by atoms with E-state index in [9.17, 15) is 9.18 Å². The lowest BCUT2D eigenvalue weighted by Crippen LogP contribution is -2.52. The van der Waals surface area contributed by atoms with Crippen LogP contribution in [0.25, 0.3) is 0 Å². The number of piperidine rings is 1. The van der Waals surface area contributed by atoms with Crippen LogP contribution in [-0.2, 0) is 4.79 Å². The predicted molar refractivity (Wildman–Crippen MR) is 82.5 cm³/mol. The quantitative estimate of drug-likeness (QED) is 0.895. The fraction of sp³-hybridized carbons (Fsp3) is 0.562. The molecule has 1 aromatic rings. The number of likely N-dealkylation sites (tertiary alicyclic amines) is 1. The highest BCUT2D eigenvalue weighted by Crippen LogP contribution is 2.27. The molecule has 1 aliphatic rings. The van der Waals surface area contributed by atoms with Crippen LogP contribution in [-0.4, -0.2) is 36.5 Å². The molecular weight excluding hydrogens is 269 g/mol. The van der Waals surface area contributed by atoms with E-state index in [-0.39, 0.29) is 23.1 Å². The highest BCUT2D eigenvalue weighted by molar-refractivity contribution is 5.90. The molecule has 0 saturated carbocycles. The van der Waals surface area contributed by atoms with E-state index in [0.717, 1.165) is 19.5 Å². The zero-order valence-corrected chi connectivity index (χ0v) is 12.7. The summed E-state index contributed by atoms with van der Waals surface area (Å²) in [5, 5.41) is 2.61. The van der Waals surface area contributed by atoms with E-state index in [1.807, 2.05) is 0 Å². The van der Waals surface area contributed by atoms with Crippen LogP contribution in [0.4, 0.5) is 10.1 Å². The second-order valence-corrected chi connectivity index (χ2v) is 6.44. The number of benzene rings is 1. The fourth-order valence-electron chi connectivity index (χ4n) is 2.71. The van der Waals surface area contributed by atoms with Gasteiger partial charge in [-0.25, -0.2) is 4.39 Å². The topological polar surface area (TPSA) is 58.4 Å². The van der Waals surface area contributed by atoms with Crippen LogP contribution >= 0.6 is 0 Å². The summed E-state index contributed by atoms with van der Waals surface area (Å²) in [6.07, 6.45) is 1.31. The molecule has 2 rings (SSSR count). The second kappa shape index (κ2) is 6.54. The third-order valence-corrected chi connectivity index (χ3v) is 4.19. The molecule has 1 aromatic carbocycles. The van der Waals surface area contributed by atoms with Crippen molar-refractivity contribution < 1.29 is 9.18 Å². The minimum absolute atomic E-state index is 0.0697. The lowest BCUT2D eigenvalue weighted by Gasteiger charge is -2.42. The number of carbonyl (C=O) groups is 1. The van der Waals surface area contributed by atoms with E-state index in [0.29, 0.717) is 13.0 Å². The molecule has 0 aliphatic carbocycles. The van der Waals surface area contributed by atoms with Gasteiger partial charge < -0.3 is 16.0 Å². The number of halogens is 1. The van der Waals surface area contributed by atoms with E-state index >= 15 is 0 Å². The van der Waals surface area contributed by atoms with Crippen molar-refractivity contribution in [3.63, 3.8) is 0 Å². The van der Waals surface area contributed by atoms with E-state index in [2.05, 4.69) is 24.1 Å². The number of nitrogens with one attached hydrogen (secondary N) is 1. The molecule has 1 heterocycles. The molecule has 0 aromatic heterocycles. The average molecular weight is 293 g/mol. The maximum atomic E-state index is 13.5. The van der Waals surface area contributed by atoms with Gasteiger partial charge in [0.05, 0.1) is 5.69 Å². The van der Waals surface area contributed by atoms with Crippen LogP contribution in [0, 0.1) is 11.2 Å². The van der Waals surface area contributed by atoms with E-state index in [1.165, 1.54) is 6.07 Å². The van der Waals surface area contributed by atoms with Gasteiger partial charge in [0.15, 0.2) is 0 Å². The molecule has 1 atom stereocenters. The molecule has 1 amide bonds. The van der Waals surface area contributed by atoms with Crippen LogP contribution in [0.1, 0.15) is 26.7 Å². The third kappa shape index (κ3) is 4.25. The van der Waals surface area contributed by atoms with Gasteiger partial charge in [-0.3, -0.25) is 4.79 Å². The first-order valence-electron chi connectivity index (χ1n) is 7.41. The highest BCUT2D eigenvalue weighted by atomic mass is 19.1. The zero-order chi connectivity index (χ0) is 15.5. The molecule has 1 unspecified atom stereocenters. The molecule has 0 bridgehead atoms. The summed E-state index contributed by atoms with van der Waals surface area (Å²) in [6.45, 7) is 6.79. The largest absolute Gasteiger partial charge is 0.327 e. The smallest absolute Gasteiger partial charge is 0.225 e. The maximum Gasteiger partial charge on any atom is 0.225 e. The van der Waals surface area contributed by atoms with E-state index < -0.39 is 5.82 Å². The molecule has 1 saturated heterocycles. The van der Waals surface area contributed by atoms with Gasteiger partial charge in [0, 0.05) is 25.6 Å². The number of hydrogen-bond donors (Lipinski definition) is 2. The number of nitrogens with zero attached hydrogens (tertiary/aromatic N) is 1. The van der Waals surface area contributed by atoms with Crippen LogP contribution in [0.15, 0.2) is 24.3 Å². The average Bonchev–Trinajstić information content (AvgIpc) is 2.42. The number of anilines is 1. The molecule has 21 heavy (non-hydrogen) atoms. The number of nitrogens with two attached hydrogens (primary N) is 1. The number of hydrogen-bond acceptors (Lipinski definition) is 3. The Hall–Kier alpha value is -1.46. The molecule has 3 N–H and O–H groups in total. The van der Waals surface area contributed by atoms with Gasteiger partial charge in [0.1, 0.15) is 5.82 Å². The van der Waals surface area contributed by atoms with Crippen molar-refractivity contribution >= 4 is 11.6 Å². The fourth-order valence-corrected chi connectivity index (χ4v) is 2.71. The van der Waals surface area contributed by atoms with Crippen molar-refractivity contribution in [2.75, 3.05) is 25.0 Å².